The molecule has 0 aliphatic carbocycles. The minimum Gasteiger partial charge on any atom is -0.492 e. The van der Waals surface area contributed by atoms with E-state index in [1.54, 1.807) is 0 Å². The average molecular weight is 223 g/mol. The summed E-state index contributed by atoms with van der Waals surface area (Å²) < 4.78 is 29.6. The van der Waals surface area contributed by atoms with Crippen molar-refractivity contribution in [3.8, 4) is 5.75 Å². The SMILES string of the molecule is COc1c(C(F)F)ncc(CCl)c1N. The first-order valence-corrected chi connectivity index (χ1v) is 4.30. The van der Waals surface area contributed by atoms with Gasteiger partial charge in [0.05, 0.1) is 18.7 Å². The smallest absolute Gasteiger partial charge is 0.284 e. The summed E-state index contributed by atoms with van der Waals surface area (Å²) in [5.41, 5.74) is 5.70. The summed E-state index contributed by atoms with van der Waals surface area (Å²) in [7, 11) is 1.26. The summed E-state index contributed by atoms with van der Waals surface area (Å²) in [4.78, 5) is 3.54. The summed E-state index contributed by atoms with van der Waals surface area (Å²) in [5, 5.41) is 0. The zero-order valence-electron chi connectivity index (χ0n) is 7.43. The van der Waals surface area contributed by atoms with E-state index in [1.165, 1.54) is 13.3 Å². The zero-order chi connectivity index (χ0) is 10.7. The Morgan fingerprint density at radius 3 is 2.71 bits per heavy atom. The largest absolute Gasteiger partial charge is 0.492 e. The second-order valence-corrected chi connectivity index (χ2v) is 2.82. The molecule has 0 spiro atoms. The minimum absolute atomic E-state index is 0.0989. The van der Waals surface area contributed by atoms with Crippen LogP contribution in [0.2, 0.25) is 0 Å². The molecule has 0 bridgehead atoms. The van der Waals surface area contributed by atoms with E-state index in [1.807, 2.05) is 0 Å². The fourth-order valence-corrected chi connectivity index (χ4v) is 1.25. The Labute approximate surface area is 84.8 Å². The molecule has 0 amide bonds. The number of nitrogens with two attached hydrogens (primary N) is 1. The summed E-state index contributed by atoms with van der Waals surface area (Å²) >= 11 is 5.53. The van der Waals surface area contributed by atoms with E-state index in [9.17, 15) is 8.78 Å². The first-order chi connectivity index (χ1) is 6.61. The van der Waals surface area contributed by atoms with E-state index in [-0.39, 0.29) is 17.3 Å². The summed E-state index contributed by atoms with van der Waals surface area (Å²) in [6, 6.07) is 0. The van der Waals surface area contributed by atoms with Gasteiger partial charge in [0, 0.05) is 11.8 Å². The highest BCUT2D eigenvalue weighted by atomic mass is 35.5. The maximum atomic E-state index is 12.4. The van der Waals surface area contributed by atoms with Crippen LogP contribution in [0.4, 0.5) is 14.5 Å². The molecule has 0 radical (unpaired) electrons. The summed E-state index contributed by atoms with van der Waals surface area (Å²) in [5.74, 6) is 0.0109. The molecule has 1 rings (SSSR count). The third kappa shape index (κ3) is 1.87. The van der Waals surface area contributed by atoms with Gasteiger partial charge in [0.1, 0.15) is 0 Å². The van der Waals surface area contributed by atoms with Gasteiger partial charge in [-0.15, -0.1) is 11.6 Å². The molecule has 0 aliphatic heterocycles. The van der Waals surface area contributed by atoms with Gasteiger partial charge in [-0.3, -0.25) is 4.98 Å². The maximum absolute atomic E-state index is 12.4. The molecule has 0 atom stereocenters. The normalized spacial score (nSPS) is 10.6. The van der Waals surface area contributed by atoms with E-state index < -0.39 is 12.1 Å². The van der Waals surface area contributed by atoms with Crippen LogP contribution < -0.4 is 10.5 Å². The van der Waals surface area contributed by atoms with Crippen molar-refractivity contribution < 1.29 is 13.5 Å². The lowest BCUT2D eigenvalue weighted by molar-refractivity contribution is 0.141. The number of halogens is 3. The summed E-state index contributed by atoms with van der Waals surface area (Å²) in [6.07, 6.45) is -1.48. The van der Waals surface area contributed by atoms with Gasteiger partial charge >= 0.3 is 0 Å². The lowest BCUT2D eigenvalue weighted by atomic mass is 10.2. The number of ether oxygens (including phenoxy) is 1. The molecule has 1 aromatic rings. The zero-order valence-corrected chi connectivity index (χ0v) is 8.18. The number of aromatic nitrogens is 1. The van der Waals surface area contributed by atoms with Gasteiger partial charge in [-0.25, -0.2) is 8.78 Å². The molecule has 0 aromatic carbocycles. The van der Waals surface area contributed by atoms with Crippen molar-refractivity contribution in [3.05, 3.63) is 17.5 Å². The highest BCUT2D eigenvalue weighted by molar-refractivity contribution is 6.17. The van der Waals surface area contributed by atoms with E-state index >= 15 is 0 Å². The van der Waals surface area contributed by atoms with Gasteiger partial charge in [0.15, 0.2) is 11.4 Å². The molecule has 0 fully saturated rings. The molecule has 1 aromatic heterocycles. The lowest BCUT2D eigenvalue weighted by Crippen LogP contribution is -2.03. The van der Waals surface area contributed by atoms with E-state index in [0.717, 1.165) is 0 Å². The standard InChI is InChI=1S/C8H9ClF2N2O/c1-14-7-5(12)4(2-9)3-13-6(7)8(10)11/h3,8H,2H2,1H3,(H2,12,13). The van der Waals surface area contributed by atoms with Crippen LogP contribution >= 0.6 is 11.6 Å². The molecular formula is C8H9ClF2N2O. The van der Waals surface area contributed by atoms with Crippen LogP contribution in [-0.2, 0) is 5.88 Å². The molecule has 3 nitrogen and oxygen atoms in total. The molecule has 6 heteroatoms. The number of rotatable bonds is 3. The highest BCUT2D eigenvalue weighted by Gasteiger charge is 2.19. The Balaban J connectivity index is 3.28. The van der Waals surface area contributed by atoms with Crippen LogP contribution in [0.1, 0.15) is 17.7 Å². The number of pyridine rings is 1. The Hall–Kier alpha value is -1.10. The fraction of sp³-hybridized carbons (Fsp3) is 0.375. The molecule has 0 saturated heterocycles. The van der Waals surface area contributed by atoms with Crippen molar-refractivity contribution in [3.63, 3.8) is 0 Å². The number of methoxy groups -OCH3 is 1. The Morgan fingerprint density at radius 2 is 2.29 bits per heavy atom. The van der Waals surface area contributed by atoms with Crippen molar-refractivity contribution in [2.45, 2.75) is 12.3 Å². The Morgan fingerprint density at radius 1 is 1.64 bits per heavy atom. The number of hydrogen-bond acceptors (Lipinski definition) is 3. The molecule has 1 heterocycles. The number of anilines is 1. The van der Waals surface area contributed by atoms with Crippen molar-refractivity contribution in [2.24, 2.45) is 0 Å². The first-order valence-electron chi connectivity index (χ1n) is 3.77. The number of hydrogen-bond donors (Lipinski definition) is 1. The van der Waals surface area contributed by atoms with Crippen molar-refractivity contribution in [1.29, 1.82) is 0 Å². The summed E-state index contributed by atoms with van der Waals surface area (Å²) in [6.45, 7) is 0. The van der Waals surface area contributed by atoms with Gasteiger partial charge in [-0.2, -0.15) is 0 Å². The number of nitrogens with zero attached hydrogens (tertiary/aromatic N) is 1. The molecular weight excluding hydrogens is 214 g/mol. The second-order valence-electron chi connectivity index (χ2n) is 2.55. The number of nitrogen functional groups attached to an aromatic ring is 1. The quantitative estimate of drug-likeness (QED) is 0.799. The van der Waals surface area contributed by atoms with Crippen LogP contribution in [0.25, 0.3) is 0 Å². The molecule has 0 unspecified atom stereocenters. The first kappa shape index (κ1) is 11.0. The van der Waals surface area contributed by atoms with Crippen LogP contribution in [-0.4, -0.2) is 12.1 Å². The monoisotopic (exact) mass is 222 g/mol. The Bertz CT molecular complexity index is 333. The average Bonchev–Trinajstić information content (AvgIpc) is 2.17. The molecule has 2 N–H and O–H groups in total. The van der Waals surface area contributed by atoms with Gasteiger partial charge in [0.25, 0.3) is 6.43 Å². The molecule has 78 valence electrons. The predicted molar refractivity (Wildman–Crippen MR) is 49.7 cm³/mol. The highest BCUT2D eigenvalue weighted by Crippen LogP contribution is 2.34. The van der Waals surface area contributed by atoms with E-state index in [4.69, 9.17) is 22.1 Å². The lowest BCUT2D eigenvalue weighted by Gasteiger charge is -2.11. The van der Waals surface area contributed by atoms with Crippen LogP contribution in [0.3, 0.4) is 0 Å². The minimum atomic E-state index is -2.71. The van der Waals surface area contributed by atoms with Gasteiger partial charge < -0.3 is 10.5 Å². The van der Waals surface area contributed by atoms with Crippen LogP contribution in [0.15, 0.2) is 6.20 Å². The third-order valence-electron chi connectivity index (χ3n) is 1.74. The maximum Gasteiger partial charge on any atom is 0.284 e. The molecule has 0 aliphatic rings. The van der Waals surface area contributed by atoms with Gasteiger partial charge in [-0.1, -0.05) is 0 Å². The van der Waals surface area contributed by atoms with Crippen LogP contribution in [0, 0.1) is 0 Å². The topological polar surface area (TPSA) is 48.1 Å². The molecule has 14 heavy (non-hydrogen) atoms. The van der Waals surface area contributed by atoms with Gasteiger partial charge in [0.2, 0.25) is 0 Å². The van der Waals surface area contributed by atoms with Crippen molar-refractivity contribution >= 4 is 17.3 Å². The number of alkyl halides is 3. The van der Waals surface area contributed by atoms with E-state index in [0.29, 0.717) is 5.56 Å². The van der Waals surface area contributed by atoms with Crippen LogP contribution in [0.5, 0.6) is 5.75 Å². The fourth-order valence-electron chi connectivity index (χ4n) is 1.04. The third-order valence-corrected chi connectivity index (χ3v) is 2.03. The molecule has 0 saturated carbocycles. The van der Waals surface area contributed by atoms with Gasteiger partial charge in [-0.05, 0) is 0 Å². The Kier molecular flexibility index (Phi) is 3.46. The predicted octanol–water partition coefficient (Wildman–Crippen LogP) is 2.35. The van der Waals surface area contributed by atoms with Crippen molar-refractivity contribution in [1.82, 2.24) is 4.98 Å². The second kappa shape index (κ2) is 4.41. The van der Waals surface area contributed by atoms with Crippen molar-refractivity contribution in [2.75, 3.05) is 12.8 Å². The van der Waals surface area contributed by atoms with E-state index in [2.05, 4.69) is 4.98 Å².